The number of amides is 2. The van der Waals surface area contributed by atoms with Crippen LogP contribution in [0.4, 0.5) is 0 Å². The number of benzene rings is 1. The van der Waals surface area contributed by atoms with Crippen molar-refractivity contribution in [2.24, 2.45) is 5.92 Å². The molecule has 0 aromatic heterocycles. The van der Waals surface area contributed by atoms with E-state index in [0.29, 0.717) is 18.8 Å². The van der Waals surface area contributed by atoms with Gasteiger partial charge in [-0.2, -0.15) is 0 Å². The highest BCUT2D eigenvalue weighted by Gasteiger charge is 2.30. The van der Waals surface area contributed by atoms with Gasteiger partial charge in [-0.05, 0) is 31.4 Å². The summed E-state index contributed by atoms with van der Waals surface area (Å²) in [5.41, 5.74) is 0.290. The Labute approximate surface area is 176 Å². The van der Waals surface area contributed by atoms with Gasteiger partial charge in [-0.25, -0.2) is 13.2 Å². The van der Waals surface area contributed by atoms with Crippen LogP contribution in [-0.4, -0.2) is 63.0 Å². The summed E-state index contributed by atoms with van der Waals surface area (Å²) >= 11 is 0. The van der Waals surface area contributed by atoms with Gasteiger partial charge in [0.15, 0.2) is 16.4 Å². The van der Waals surface area contributed by atoms with Gasteiger partial charge in [-0.1, -0.05) is 26.0 Å². The maximum Gasteiger partial charge on any atom is 0.329 e. The molecule has 2 N–H and O–H groups in total. The lowest BCUT2D eigenvalue weighted by Gasteiger charge is -2.21. The molecule has 2 rings (SSSR count). The quantitative estimate of drug-likeness (QED) is 0.541. The Bertz CT molecular complexity index is 883. The summed E-state index contributed by atoms with van der Waals surface area (Å²) in [5, 5.41) is 5.18. The number of rotatable bonds is 9. The van der Waals surface area contributed by atoms with Crippen LogP contribution < -0.4 is 15.4 Å². The molecule has 2 atom stereocenters. The Morgan fingerprint density at radius 1 is 1.20 bits per heavy atom. The Morgan fingerprint density at radius 2 is 1.90 bits per heavy atom. The van der Waals surface area contributed by atoms with Gasteiger partial charge in [0.1, 0.15) is 11.8 Å². The topological polar surface area (TPSA) is 128 Å². The molecule has 0 saturated carbocycles. The average Bonchev–Trinajstić information content (AvgIpc) is 3.02. The van der Waals surface area contributed by atoms with Gasteiger partial charge in [0.2, 0.25) is 0 Å². The van der Waals surface area contributed by atoms with Crippen LogP contribution in [0.2, 0.25) is 0 Å². The maximum absolute atomic E-state index is 12.7. The van der Waals surface area contributed by atoms with Crippen molar-refractivity contribution < 1.29 is 32.3 Å². The van der Waals surface area contributed by atoms with Crippen molar-refractivity contribution in [1.82, 2.24) is 10.6 Å². The fourth-order valence-electron chi connectivity index (χ4n) is 3.06. The number of carbonyl (C=O) groups is 3. The third-order valence-corrected chi connectivity index (χ3v) is 6.35. The monoisotopic (exact) mass is 440 g/mol. The van der Waals surface area contributed by atoms with Gasteiger partial charge in [0, 0.05) is 6.04 Å². The minimum Gasteiger partial charge on any atom is -0.493 e. The predicted molar refractivity (Wildman–Crippen MR) is 110 cm³/mol. The van der Waals surface area contributed by atoms with Crippen LogP contribution in [-0.2, 0) is 24.2 Å². The SMILES string of the molecule is CCOc1ccccc1C(=O)NC(C(=O)OCC(=O)NC1CCS(=O)(=O)C1)C(C)C. The molecule has 1 heterocycles. The van der Waals surface area contributed by atoms with Crippen LogP contribution >= 0.6 is 0 Å². The lowest BCUT2D eigenvalue weighted by Crippen LogP contribution is -2.46. The first-order chi connectivity index (χ1) is 14.1. The van der Waals surface area contributed by atoms with Crippen molar-refractivity contribution in [2.45, 2.75) is 39.3 Å². The van der Waals surface area contributed by atoms with Gasteiger partial charge in [-0.3, -0.25) is 9.59 Å². The third-order valence-electron chi connectivity index (χ3n) is 4.58. The molecule has 166 valence electrons. The van der Waals surface area contributed by atoms with Crippen LogP contribution in [0.3, 0.4) is 0 Å². The van der Waals surface area contributed by atoms with E-state index >= 15 is 0 Å². The van der Waals surface area contributed by atoms with Crippen molar-refractivity contribution in [3.05, 3.63) is 29.8 Å². The molecule has 1 aromatic carbocycles. The molecule has 1 fully saturated rings. The zero-order valence-corrected chi connectivity index (χ0v) is 18.2. The molecule has 1 aliphatic heterocycles. The van der Waals surface area contributed by atoms with E-state index < -0.39 is 46.3 Å². The fraction of sp³-hybridized carbons (Fsp3) is 0.550. The Balaban J connectivity index is 1.93. The summed E-state index contributed by atoms with van der Waals surface area (Å²) < 4.78 is 33.4. The van der Waals surface area contributed by atoms with E-state index in [9.17, 15) is 22.8 Å². The lowest BCUT2D eigenvalue weighted by molar-refractivity contribution is -0.151. The molecule has 2 amide bonds. The zero-order chi connectivity index (χ0) is 22.3. The first-order valence-electron chi connectivity index (χ1n) is 9.82. The average molecular weight is 441 g/mol. The summed E-state index contributed by atoms with van der Waals surface area (Å²) in [7, 11) is -3.12. The number of nitrogens with one attached hydrogen (secondary N) is 2. The van der Waals surface area contributed by atoms with E-state index in [0.717, 1.165) is 0 Å². The highest BCUT2D eigenvalue weighted by Crippen LogP contribution is 2.18. The largest absolute Gasteiger partial charge is 0.493 e. The fourth-order valence-corrected chi connectivity index (χ4v) is 4.73. The van der Waals surface area contributed by atoms with E-state index in [1.807, 2.05) is 0 Å². The molecule has 1 aliphatic rings. The second kappa shape index (κ2) is 10.4. The van der Waals surface area contributed by atoms with Gasteiger partial charge in [-0.15, -0.1) is 0 Å². The Kier molecular flexibility index (Phi) is 8.22. The summed E-state index contributed by atoms with van der Waals surface area (Å²) in [4.78, 5) is 37.1. The highest BCUT2D eigenvalue weighted by molar-refractivity contribution is 7.91. The molecule has 1 aromatic rings. The van der Waals surface area contributed by atoms with Crippen molar-refractivity contribution >= 4 is 27.6 Å². The van der Waals surface area contributed by atoms with Crippen molar-refractivity contribution in [3.8, 4) is 5.75 Å². The number of carbonyl (C=O) groups excluding carboxylic acids is 3. The summed E-state index contributed by atoms with van der Waals surface area (Å²) in [5.74, 6) is -1.79. The third kappa shape index (κ3) is 6.72. The second-order valence-corrected chi connectivity index (χ2v) is 9.63. The normalized spacial score (nSPS) is 18.5. The van der Waals surface area contributed by atoms with Gasteiger partial charge < -0.3 is 20.1 Å². The number of esters is 1. The Hall–Kier alpha value is -2.62. The first-order valence-corrected chi connectivity index (χ1v) is 11.6. The van der Waals surface area contributed by atoms with E-state index in [1.54, 1.807) is 45.0 Å². The van der Waals surface area contributed by atoms with Crippen molar-refractivity contribution in [3.63, 3.8) is 0 Å². The van der Waals surface area contributed by atoms with Crippen LogP contribution in [0.15, 0.2) is 24.3 Å². The minimum absolute atomic E-state index is 0.0302. The molecule has 0 bridgehead atoms. The predicted octanol–water partition coefficient (Wildman–Crippen LogP) is 0.686. The molecule has 10 heteroatoms. The number of ether oxygens (including phenoxy) is 2. The maximum atomic E-state index is 12.7. The molecule has 30 heavy (non-hydrogen) atoms. The van der Waals surface area contributed by atoms with Crippen LogP contribution in [0, 0.1) is 5.92 Å². The minimum atomic E-state index is -3.12. The summed E-state index contributed by atoms with van der Waals surface area (Å²) in [6.45, 7) is 5.12. The smallest absolute Gasteiger partial charge is 0.329 e. The first kappa shape index (κ1) is 23.7. The molecule has 0 spiro atoms. The second-order valence-electron chi connectivity index (χ2n) is 7.40. The van der Waals surface area contributed by atoms with Crippen LogP contribution in [0.1, 0.15) is 37.6 Å². The van der Waals surface area contributed by atoms with Crippen molar-refractivity contribution in [2.75, 3.05) is 24.7 Å². The number of sulfone groups is 1. The Morgan fingerprint density at radius 3 is 2.50 bits per heavy atom. The standard InChI is InChI=1S/C20H28N2O7S/c1-4-28-16-8-6-5-7-15(16)19(24)22-18(13(2)3)20(25)29-11-17(23)21-14-9-10-30(26,27)12-14/h5-8,13-14,18H,4,9-12H2,1-3H3,(H,21,23)(H,22,24). The highest BCUT2D eigenvalue weighted by atomic mass is 32.2. The van der Waals surface area contributed by atoms with Gasteiger partial charge in [0.25, 0.3) is 11.8 Å². The van der Waals surface area contributed by atoms with E-state index in [4.69, 9.17) is 9.47 Å². The van der Waals surface area contributed by atoms with Crippen LogP contribution in [0.5, 0.6) is 5.75 Å². The summed E-state index contributed by atoms with van der Waals surface area (Å²) in [6.07, 6.45) is 0.339. The summed E-state index contributed by atoms with van der Waals surface area (Å²) in [6, 6.07) is 5.24. The molecule has 2 unspecified atom stereocenters. The van der Waals surface area contributed by atoms with E-state index in [1.165, 1.54) is 0 Å². The van der Waals surface area contributed by atoms with Gasteiger partial charge >= 0.3 is 5.97 Å². The van der Waals surface area contributed by atoms with Crippen molar-refractivity contribution in [1.29, 1.82) is 0 Å². The molecule has 0 radical (unpaired) electrons. The molecule has 0 aliphatic carbocycles. The number of hydrogen-bond donors (Lipinski definition) is 2. The molecular weight excluding hydrogens is 412 g/mol. The molecule has 9 nitrogen and oxygen atoms in total. The van der Waals surface area contributed by atoms with Crippen LogP contribution in [0.25, 0.3) is 0 Å². The molecule has 1 saturated heterocycles. The zero-order valence-electron chi connectivity index (χ0n) is 17.3. The molecular formula is C20H28N2O7S. The van der Waals surface area contributed by atoms with Gasteiger partial charge in [0.05, 0.1) is 23.7 Å². The van der Waals surface area contributed by atoms with E-state index in [-0.39, 0.29) is 23.0 Å². The number of para-hydroxylation sites is 1. The number of hydrogen-bond acceptors (Lipinski definition) is 7. The lowest BCUT2D eigenvalue weighted by atomic mass is 10.0. The van der Waals surface area contributed by atoms with E-state index in [2.05, 4.69) is 10.6 Å².